The summed E-state index contributed by atoms with van der Waals surface area (Å²) in [5.41, 5.74) is 0.644. The van der Waals surface area contributed by atoms with Crippen molar-refractivity contribution in [3.63, 3.8) is 0 Å². The Kier molecular flexibility index (Phi) is 5.33. The molecule has 1 aliphatic rings. The number of aromatic nitrogens is 4. The van der Waals surface area contributed by atoms with Gasteiger partial charge < -0.3 is 9.47 Å². The minimum atomic E-state index is -3.66. The molecule has 0 unspecified atom stereocenters. The number of hydrogen-bond donors (Lipinski definition) is 1. The molecule has 136 valence electrons. The lowest BCUT2D eigenvalue weighted by atomic mass is 10.1. The first kappa shape index (κ1) is 17.8. The number of imidazole rings is 1. The van der Waals surface area contributed by atoms with E-state index < -0.39 is 10.0 Å². The van der Waals surface area contributed by atoms with E-state index in [1.165, 1.54) is 6.42 Å². The molecule has 0 amide bonds. The number of piperidine rings is 1. The van der Waals surface area contributed by atoms with Gasteiger partial charge in [0.1, 0.15) is 5.82 Å². The fraction of sp³-hybridized carbons (Fsp3) is 0.562. The van der Waals surface area contributed by atoms with Gasteiger partial charge in [-0.25, -0.2) is 28.1 Å². The zero-order valence-electron chi connectivity index (χ0n) is 14.6. The van der Waals surface area contributed by atoms with Gasteiger partial charge in [-0.05, 0) is 39.2 Å². The van der Waals surface area contributed by atoms with Gasteiger partial charge >= 0.3 is 0 Å². The molecule has 1 fully saturated rings. The van der Waals surface area contributed by atoms with Gasteiger partial charge in [-0.2, -0.15) is 0 Å². The molecule has 9 heteroatoms. The molecule has 0 atom stereocenters. The van der Waals surface area contributed by atoms with Crippen LogP contribution >= 0.6 is 0 Å². The highest BCUT2D eigenvalue weighted by Crippen LogP contribution is 2.15. The Morgan fingerprint density at radius 3 is 2.64 bits per heavy atom. The van der Waals surface area contributed by atoms with Crippen molar-refractivity contribution in [3.8, 4) is 0 Å². The highest BCUT2D eigenvalue weighted by atomic mass is 32.2. The van der Waals surface area contributed by atoms with Crippen LogP contribution in [0.1, 0.15) is 37.7 Å². The fourth-order valence-electron chi connectivity index (χ4n) is 2.90. The minimum absolute atomic E-state index is 0.0390. The van der Waals surface area contributed by atoms with Crippen molar-refractivity contribution in [1.29, 1.82) is 0 Å². The Bertz CT molecular complexity index is 827. The van der Waals surface area contributed by atoms with E-state index in [0.29, 0.717) is 24.0 Å². The Morgan fingerprint density at radius 2 is 1.96 bits per heavy atom. The molecule has 0 aromatic carbocycles. The SMILES string of the molecule is CCn1cc(S(=O)(=O)NCc2ccnc(N3CCCCC3)n2)nc1C. The number of hydrogen-bond acceptors (Lipinski definition) is 6. The predicted molar refractivity (Wildman–Crippen MR) is 94.8 cm³/mol. The standard InChI is InChI=1S/C16H24N6O2S/c1-3-21-12-15(19-13(21)2)25(23,24)18-11-14-7-8-17-16(20-14)22-9-5-4-6-10-22/h7-8,12,18H,3-6,9-11H2,1-2H3. The summed E-state index contributed by atoms with van der Waals surface area (Å²) in [6, 6.07) is 1.73. The minimum Gasteiger partial charge on any atom is -0.341 e. The van der Waals surface area contributed by atoms with Crippen LogP contribution in [0.2, 0.25) is 0 Å². The zero-order chi connectivity index (χ0) is 17.9. The summed E-state index contributed by atoms with van der Waals surface area (Å²) in [7, 11) is -3.66. The lowest BCUT2D eigenvalue weighted by Crippen LogP contribution is -2.31. The summed E-state index contributed by atoms with van der Waals surface area (Å²) in [6.07, 6.45) is 6.74. The molecule has 2 aromatic rings. The lowest BCUT2D eigenvalue weighted by Gasteiger charge is -2.26. The van der Waals surface area contributed by atoms with Gasteiger partial charge in [0.25, 0.3) is 10.0 Å². The Hall–Kier alpha value is -2.00. The number of nitrogens with zero attached hydrogens (tertiary/aromatic N) is 5. The van der Waals surface area contributed by atoms with Gasteiger partial charge in [0.05, 0.1) is 12.2 Å². The molecule has 0 radical (unpaired) electrons. The van der Waals surface area contributed by atoms with Crippen LogP contribution in [0.5, 0.6) is 0 Å². The van der Waals surface area contributed by atoms with E-state index in [2.05, 4.69) is 24.6 Å². The second-order valence-corrected chi connectivity index (χ2v) is 7.85. The highest BCUT2D eigenvalue weighted by molar-refractivity contribution is 7.89. The van der Waals surface area contributed by atoms with Gasteiger partial charge in [-0.1, -0.05) is 0 Å². The molecule has 0 saturated carbocycles. The average molecular weight is 364 g/mol. The molecule has 0 aliphatic carbocycles. The lowest BCUT2D eigenvalue weighted by molar-refractivity contribution is 0.565. The van der Waals surface area contributed by atoms with Gasteiger partial charge in [0.15, 0.2) is 5.03 Å². The smallest absolute Gasteiger partial charge is 0.259 e. The number of aryl methyl sites for hydroxylation is 2. The van der Waals surface area contributed by atoms with Crippen molar-refractivity contribution in [3.05, 3.63) is 30.0 Å². The van der Waals surface area contributed by atoms with Crippen LogP contribution in [0.3, 0.4) is 0 Å². The van der Waals surface area contributed by atoms with Crippen LogP contribution < -0.4 is 9.62 Å². The molecule has 1 aliphatic heterocycles. The zero-order valence-corrected chi connectivity index (χ0v) is 15.5. The van der Waals surface area contributed by atoms with Crippen molar-refractivity contribution in [2.24, 2.45) is 0 Å². The largest absolute Gasteiger partial charge is 0.341 e. The number of rotatable bonds is 6. The predicted octanol–water partition coefficient (Wildman–Crippen LogP) is 1.47. The second kappa shape index (κ2) is 7.49. The van der Waals surface area contributed by atoms with E-state index in [0.717, 1.165) is 25.9 Å². The number of sulfonamides is 1. The normalized spacial score (nSPS) is 15.5. The van der Waals surface area contributed by atoms with Crippen LogP contribution in [0, 0.1) is 6.92 Å². The maximum atomic E-state index is 12.4. The van der Waals surface area contributed by atoms with E-state index in [4.69, 9.17) is 0 Å². The average Bonchev–Trinajstić information content (AvgIpc) is 3.03. The summed E-state index contributed by atoms with van der Waals surface area (Å²) in [4.78, 5) is 15.1. The maximum absolute atomic E-state index is 12.4. The molecule has 3 rings (SSSR count). The maximum Gasteiger partial charge on any atom is 0.259 e. The molecule has 25 heavy (non-hydrogen) atoms. The summed E-state index contributed by atoms with van der Waals surface area (Å²) >= 11 is 0. The van der Waals surface area contributed by atoms with E-state index in [1.807, 2.05) is 6.92 Å². The van der Waals surface area contributed by atoms with E-state index in [1.54, 1.807) is 30.0 Å². The third-order valence-electron chi connectivity index (χ3n) is 4.35. The van der Waals surface area contributed by atoms with Crippen molar-refractivity contribution >= 4 is 16.0 Å². The van der Waals surface area contributed by atoms with Gasteiger partial charge in [-0.15, -0.1) is 0 Å². The van der Waals surface area contributed by atoms with E-state index in [9.17, 15) is 8.42 Å². The molecular weight excluding hydrogens is 340 g/mol. The van der Waals surface area contributed by atoms with Crippen molar-refractivity contribution < 1.29 is 8.42 Å². The van der Waals surface area contributed by atoms with Crippen LogP contribution in [0.15, 0.2) is 23.5 Å². The fourth-order valence-corrected chi connectivity index (χ4v) is 3.91. The third-order valence-corrected chi connectivity index (χ3v) is 5.62. The van der Waals surface area contributed by atoms with E-state index in [-0.39, 0.29) is 11.6 Å². The molecule has 0 spiro atoms. The Balaban J connectivity index is 1.70. The molecule has 2 aromatic heterocycles. The first-order valence-electron chi connectivity index (χ1n) is 8.60. The summed E-state index contributed by atoms with van der Waals surface area (Å²) in [5, 5.41) is 0.0390. The Labute approximate surface area is 148 Å². The third kappa shape index (κ3) is 4.16. The molecular formula is C16H24N6O2S. The Morgan fingerprint density at radius 1 is 1.20 bits per heavy atom. The van der Waals surface area contributed by atoms with E-state index >= 15 is 0 Å². The summed E-state index contributed by atoms with van der Waals surface area (Å²) in [6.45, 7) is 6.42. The quantitative estimate of drug-likeness (QED) is 0.834. The first-order valence-corrected chi connectivity index (χ1v) is 10.1. The van der Waals surface area contributed by atoms with Crippen molar-refractivity contribution in [2.45, 2.75) is 51.2 Å². The van der Waals surface area contributed by atoms with Gasteiger partial charge in [0.2, 0.25) is 5.95 Å². The van der Waals surface area contributed by atoms with Crippen LogP contribution in [0.4, 0.5) is 5.95 Å². The van der Waals surface area contributed by atoms with Crippen LogP contribution in [-0.4, -0.2) is 41.0 Å². The molecule has 1 saturated heterocycles. The molecule has 1 N–H and O–H groups in total. The number of anilines is 1. The number of nitrogens with one attached hydrogen (secondary N) is 1. The summed E-state index contributed by atoms with van der Waals surface area (Å²) < 4.78 is 29.2. The second-order valence-electron chi connectivity index (χ2n) is 6.13. The van der Waals surface area contributed by atoms with Crippen LogP contribution in [0.25, 0.3) is 0 Å². The molecule has 0 bridgehead atoms. The molecule has 3 heterocycles. The highest BCUT2D eigenvalue weighted by Gasteiger charge is 2.19. The topological polar surface area (TPSA) is 93.0 Å². The summed E-state index contributed by atoms with van der Waals surface area (Å²) in [5.74, 6) is 1.35. The van der Waals surface area contributed by atoms with Crippen molar-refractivity contribution in [2.75, 3.05) is 18.0 Å². The molecule has 8 nitrogen and oxygen atoms in total. The van der Waals surface area contributed by atoms with Crippen LogP contribution in [-0.2, 0) is 23.1 Å². The van der Waals surface area contributed by atoms with Gasteiger partial charge in [-0.3, -0.25) is 0 Å². The van der Waals surface area contributed by atoms with Gasteiger partial charge in [0, 0.05) is 32.0 Å². The first-order chi connectivity index (χ1) is 12.0. The van der Waals surface area contributed by atoms with Crippen molar-refractivity contribution in [1.82, 2.24) is 24.2 Å². The monoisotopic (exact) mass is 364 g/mol.